The second kappa shape index (κ2) is 11.1. The number of rotatable bonds is 11. The zero-order chi connectivity index (χ0) is 18.7. The fourth-order valence-electron chi connectivity index (χ4n) is 2.25. The highest BCUT2D eigenvalue weighted by molar-refractivity contribution is 7.85. The second-order valence-corrected chi connectivity index (χ2v) is 7.56. The van der Waals surface area contributed by atoms with Crippen molar-refractivity contribution in [3.63, 3.8) is 0 Å². The van der Waals surface area contributed by atoms with E-state index in [0.717, 1.165) is 24.7 Å². The van der Waals surface area contributed by atoms with Crippen molar-refractivity contribution in [2.45, 2.75) is 51.4 Å². The highest BCUT2D eigenvalue weighted by Gasteiger charge is 2.16. The summed E-state index contributed by atoms with van der Waals surface area (Å²) >= 11 is 0. The molecule has 0 saturated carbocycles. The zero-order valence-electron chi connectivity index (χ0n) is 14.7. The first-order valence-corrected chi connectivity index (χ1v) is 10.1. The van der Waals surface area contributed by atoms with E-state index in [1.807, 2.05) is 37.3 Å². The third-order valence-corrected chi connectivity index (χ3v) is 4.06. The lowest BCUT2D eigenvalue weighted by Gasteiger charge is -2.19. The number of nitrogens with one attached hydrogen (secondary N) is 1. The summed E-state index contributed by atoms with van der Waals surface area (Å²) in [6, 6.07) is 9.22. The Morgan fingerprint density at radius 3 is 2.48 bits per heavy atom. The molecule has 1 rings (SSSR count). The molecule has 2 N–H and O–H groups in total. The lowest BCUT2D eigenvalue weighted by Crippen LogP contribution is -2.36. The summed E-state index contributed by atoms with van der Waals surface area (Å²) in [4.78, 5) is 11.9. The van der Waals surface area contributed by atoms with Crippen LogP contribution in [-0.2, 0) is 25.6 Å². The van der Waals surface area contributed by atoms with Crippen molar-refractivity contribution in [3.05, 3.63) is 35.9 Å². The Morgan fingerprint density at radius 2 is 1.88 bits per heavy atom. The van der Waals surface area contributed by atoms with Gasteiger partial charge in [-0.15, -0.1) is 0 Å². The summed E-state index contributed by atoms with van der Waals surface area (Å²) in [6.45, 7) is 1.90. The van der Waals surface area contributed by atoms with Crippen LogP contribution in [-0.4, -0.2) is 44.6 Å². The van der Waals surface area contributed by atoms with Crippen LogP contribution in [0, 0.1) is 0 Å². The van der Waals surface area contributed by atoms with E-state index in [4.69, 9.17) is 4.74 Å². The van der Waals surface area contributed by atoms with E-state index in [1.165, 1.54) is 0 Å². The van der Waals surface area contributed by atoms with Crippen molar-refractivity contribution < 1.29 is 27.2 Å². The Hall–Kier alpha value is -1.64. The van der Waals surface area contributed by atoms with Gasteiger partial charge in [-0.05, 0) is 24.8 Å². The third-order valence-electron chi connectivity index (χ3n) is 3.49. The molecular weight excluding hydrogens is 346 g/mol. The maximum atomic E-state index is 11.9. The number of carbonyl (C=O) groups is 1. The van der Waals surface area contributed by atoms with Gasteiger partial charge in [0.05, 0.1) is 19.0 Å². The number of carbonyl (C=O) groups excluding carboxylic acids is 1. The van der Waals surface area contributed by atoms with E-state index in [0.29, 0.717) is 12.8 Å². The topological polar surface area (TPSA) is 102 Å². The number of aliphatic hydroxyl groups is 1. The quantitative estimate of drug-likeness (QED) is 0.577. The van der Waals surface area contributed by atoms with Crippen LogP contribution >= 0.6 is 0 Å². The Morgan fingerprint density at radius 1 is 1.20 bits per heavy atom. The number of benzene rings is 1. The summed E-state index contributed by atoms with van der Waals surface area (Å²) < 4.78 is 31.6. The summed E-state index contributed by atoms with van der Waals surface area (Å²) in [6.07, 6.45) is 1.94. The molecule has 2 atom stereocenters. The van der Waals surface area contributed by atoms with Gasteiger partial charge < -0.3 is 15.2 Å². The van der Waals surface area contributed by atoms with Gasteiger partial charge in [0.1, 0.15) is 6.61 Å². The molecule has 7 nitrogen and oxygen atoms in total. The summed E-state index contributed by atoms with van der Waals surface area (Å²) in [7, 11) is -3.57. The largest absolute Gasteiger partial charge is 0.445 e. The molecule has 25 heavy (non-hydrogen) atoms. The molecule has 0 aliphatic heterocycles. The summed E-state index contributed by atoms with van der Waals surface area (Å²) in [5, 5.41) is 12.6. The smallest absolute Gasteiger partial charge is 0.407 e. The number of aliphatic hydroxyl groups excluding tert-OH is 1. The zero-order valence-corrected chi connectivity index (χ0v) is 15.5. The molecule has 1 aromatic carbocycles. The van der Waals surface area contributed by atoms with Crippen LogP contribution in [0.1, 0.15) is 38.2 Å². The van der Waals surface area contributed by atoms with E-state index in [9.17, 15) is 18.3 Å². The molecule has 0 aliphatic carbocycles. The van der Waals surface area contributed by atoms with E-state index in [2.05, 4.69) is 9.50 Å². The minimum atomic E-state index is -3.57. The average molecular weight is 373 g/mol. The van der Waals surface area contributed by atoms with Crippen molar-refractivity contribution in [2.24, 2.45) is 0 Å². The molecule has 0 aliphatic rings. The Kier molecular flexibility index (Phi) is 9.48. The van der Waals surface area contributed by atoms with Crippen LogP contribution < -0.4 is 5.32 Å². The molecule has 0 fully saturated rings. The normalized spacial score (nSPS) is 13.9. The second-order valence-electron chi connectivity index (χ2n) is 5.91. The lowest BCUT2D eigenvalue weighted by molar-refractivity contribution is 0.0962. The van der Waals surface area contributed by atoms with Gasteiger partial charge in [0.2, 0.25) is 0 Å². The van der Waals surface area contributed by atoms with Crippen LogP contribution in [0.15, 0.2) is 30.3 Å². The molecule has 1 aromatic rings. The van der Waals surface area contributed by atoms with Gasteiger partial charge in [-0.25, -0.2) is 4.79 Å². The standard InChI is InChI=1S/C17H27NO6S/c1-3-7-15(10-11-16(19)13-24-25(2,21)22)18-17(20)23-12-14-8-5-4-6-9-14/h4-6,8-9,15-16,19H,3,7,10-13H2,1-2H3,(H,18,20)/t15-,16?/m0/s1. The van der Waals surface area contributed by atoms with E-state index in [-0.39, 0.29) is 19.3 Å². The van der Waals surface area contributed by atoms with Crippen LogP contribution in [0.4, 0.5) is 4.79 Å². The lowest BCUT2D eigenvalue weighted by atomic mass is 10.0. The van der Waals surface area contributed by atoms with Crippen molar-refractivity contribution in [1.82, 2.24) is 5.32 Å². The molecule has 0 saturated heterocycles. The third kappa shape index (κ3) is 10.8. The molecule has 8 heteroatoms. The molecular formula is C17H27NO6S. The van der Waals surface area contributed by atoms with E-state index >= 15 is 0 Å². The predicted octanol–water partition coefficient (Wildman–Crippen LogP) is 2.20. The summed E-state index contributed by atoms with van der Waals surface area (Å²) in [5.41, 5.74) is 0.901. The monoisotopic (exact) mass is 373 g/mol. The van der Waals surface area contributed by atoms with Crippen molar-refractivity contribution in [2.75, 3.05) is 12.9 Å². The highest BCUT2D eigenvalue weighted by Crippen LogP contribution is 2.09. The SMILES string of the molecule is CCC[C@@H](CCC(O)COS(C)(=O)=O)NC(=O)OCc1ccccc1. The molecule has 0 aromatic heterocycles. The van der Waals surface area contributed by atoms with Crippen LogP contribution in [0.2, 0.25) is 0 Å². The van der Waals surface area contributed by atoms with Gasteiger partial charge in [0, 0.05) is 6.04 Å². The molecule has 1 unspecified atom stereocenters. The fourth-order valence-corrected chi connectivity index (χ4v) is 2.65. The van der Waals surface area contributed by atoms with E-state index in [1.54, 1.807) is 0 Å². The summed E-state index contributed by atoms with van der Waals surface area (Å²) in [5.74, 6) is 0. The molecule has 1 amide bonds. The number of amides is 1. The molecule has 142 valence electrons. The molecule has 0 bridgehead atoms. The Balaban J connectivity index is 2.35. The van der Waals surface area contributed by atoms with Crippen LogP contribution in [0.25, 0.3) is 0 Å². The average Bonchev–Trinajstić information content (AvgIpc) is 2.56. The van der Waals surface area contributed by atoms with Crippen molar-refractivity contribution in [1.29, 1.82) is 0 Å². The number of alkyl carbamates (subject to hydrolysis) is 1. The van der Waals surface area contributed by atoms with E-state index < -0.39 is 22.3 Å². The minimum absolute atomic E-state index is 0.152. The van der Waals surface area contributed by atoms with Gasteiger partial charge in [0.25, 0.3) is 10.1 Å². The van der Waals surface area contributed by atoms with Crippen molar-refractivity contribution >= 4 is 16.2 Å². The molecule has 0 spiro atoms. The number of ether oxygens (including phenoxy) is 1. The first kappa shape index (κ1) is 21.4. The highest BCUT2D eigenvalue weighted by atomic mass is 32.2. The van der Waals surface area contributed by atoms with Gasteiger partial charge in [-0.1, -0.05) is 43.7 Å². The van der Waals surface area contributed by atoms with Gasteiger partial charge >= 0.3 is 6.09 Å². The first-order chi connectivity index (χ1) is 11.8. The first-order valence-electron chi connectivity index (χ1n) is 8.30. The minimum Gasteiger partial charge on any atom is -0.445 e. The van der Waals surface area contributed by atoms with Crippen molar-refractivity contribution in [3.8, 4) is 0 Å². The maximum Gasteiger partial charge on any atom is 0.407 e. The molecule has 0 radical (unpaired) electrons. The number of hydrogen-bond acceptors (Lipinski definition) is 6. The van der Waals surface area contributed by atoms with Gasteiger partial charge in [-0.2, -0.15) is 8.42 Å². The van der Waals surface area contributed by atoms with Gasteiger partial charge in [-0.3, -0.25) is 4.18 Å². The maximum absolute atomic E-state index is 11.9. The Bertz CT molecular complexity index is 605. The fraction of sp³-hybridized carbons (Fsp3) is 0.588. The molecule has 0 heterocycles. The van der Waals surface area contributed by atoms with Crippen LogP contribution in [0.3, 0.4) is 0 Å². The van der Waals surface area contributed by atoms with Gasteiger partial charge in [0.15, 0.2) is 0 Å². The van der Waals surface area contributed by atoms with Crippen LogP contribution in [0.5, 0.6) is 0 Å². The predicted molar refractivity (Wildman–Crippen MR) is 94.5 cm³/mol. The number of hydrogen-bond donors (Lipinski definition) is 2. The Labute approximate surface area is 149 Å².